The highest BCUT2D eigenvalue weighted by Crippen LogP contribution is 2.34. The van der Waals surface area contributed by atoms with Crippen LogP contribution in [0.3, 0.4) is 0 Å². The van der Waals surface area contributed by atoms with Gasteiger partial charge in [-0.05, 0) is 16.7 Å². The van der Waals surface area contributed by atoms with Gasteiger partial charge >= 0.3 is 18.1 Å². The van der Waals surface area contributed by atoms with E-state index in [1.165, 1.54) is 6.08 Å². The lowest BCUT2D eigenvalue weighted by Gasteiger charge is -2.26. The number of hydrogen-bond donors (Lipinski definition) is 0. The number of carbonyl (C=O) groups is 2. The Labute approximate surface area is 277 Å². The van der Waals surface area contributed by atoms with E-state index in [-0.39, 0.29) is 32.8 Å². The van der Waals surface area contributed by atoms with E-state index in [9.17, 15) is 22.8 Å². The number of rotatable bonds is 15. The standard InChI is InChI=1S/C36H38F3NO8/c1-2-18-44-33(41)29-19-28(20-40(29)35(42)36(37,38)39)47-34-32(46-23-27-16-10-5-11-17-27)31(45-22-26-14-8-4-9-15-26)30(48-34)24-43-21-25-12-6-3-7-13-25/h2-17,28-32,34H,1,18-24H2/t28-,29+,30+,31+,32-,34+/m1/s1. The molecule has 0 unspecified atom stereocenters. The highest BCUT2D eigenvalue weighted by molar-refractivity contribution is 5.88. The molecule has 256 valence electrons. The van der Waals surface area contributed by atoms with Crippen molar-refractivity contribution in [2.24, 2.45) is 0 Å². The summed E-state index contributed by atoms with van der Waals surface area (Å²) in [5, 5.41) is 0. The fraction of sp³-hybridized carbons (Fsp3) is 0.389. The first-order valence-electron chi connectivity index (χ1n) is 15.6. The van der Waals surface area contributed by atoms with E-state index >= 15 is 0 Å². The first-order valence-corrected chi connectivity index (χ1v) is 15.6. The number of carbonyl (C=O) groups excluding carboxylic acids is 2. The van der Waals surface area contributed by atoms with E-state index in [0.29, 0.717) is 11.5 Å². The van der Waals surface area contributed by atoms with Gasteiger partial charge in [0.15, 0.2) is 6.29 Å². The van der Waals surface area contributed by atoms with E-state index in [1.807, 2.05) is 91.0 Å². The largest absolute Gasteiger partial charge is 0.471 e. The van der Waals surface area contributed by atoms with E-state index in [0.717, 1.165) is 16.7 Å². The van der Waals surface area contributed by atoms with Crippen molar-refractivity contribution in [2.45, 2.75) is 69.2 Å². The Bertz CT molecular complexity index is 1460. The van der Waals surface area contributed by atoms with Gasteiger partial charge in [-0.2, -0.15) is 13.2 Å². The number of benzene rings is 3. The molecular weight excluding hydrogens is 631 g/mol. The van der Waals surface area contributed by atoms with Gasteiger partial charge in [0.1, 0.15) is 31.0 Å². The van der Waals surface area contributed by atoms with Crippen LogP contribution in [0.4, 0.5) is 13.2 Å². The topological polar surface area (TPSA) is 92.8 Å². The van der Waals surface area contributed by atoms with Crippen LogP contribution in [-0.4, -0.2) is 79.5 Å². The molecule has 5 rings (SSSR count). The van der Waals surface area contributed by atoms with E-state index < -0.39 is 61.3 Å². The number of ether oxygens (including phenoxy) is 6. The number of esters is 1. The van der Waals surface area contributed by atoms with Gasteiger partial charge in [-0.25, -0.2) is 4.79 Å². The quantitative estimate of drug-likeness (QED) is 0.158. The Kier molecular flexibility index (Phi) is 12.4. The van der Waals surface area contributed by atoms with Crippen LogP contribution in [-0.2, 0) is 57.8 Å². The molecule has 0 saturated carbocycles. The summed E-state index contributed by atoms with van der Waals surface area (Å²) in [6.45, 7) is 3.51. The van der Waals surface area contributed by atoms with Crippen molar-refractivity contribution in [3.8, 4) is 0 Å². The van der Waals surface area contributed by atoms with Gasteiger partial charge in [-0.15, -0.1) is 0 Å². The average molecular weight is 670 g/mol. The maximum atomic E-state index is 13.5. The highest BCUT2D eigenvalue weighted by atomic mass is 19.4. The molecular formula is C36H38F3NO8. The smallest absolute Gasteiger partial charge is 0.460 e. The molecule has 0 radical (unpaired) electrons. The van der Waals surface area contributed by atoms with Crippen LogP contribution in [0.25, 0.3) is 0 Å². The average Bonchev–Trinajstić information content (AvgIpc) is 3.66. The van der Waals surface area contributed by atoms with Crippen molar-refractivity contribution >= 4 is 11.9 Å². The van der Waals surface area contributed by atoms with Gasteiger partial charge < -0.3 is 33.3 Å². The van der Waals surface area contributed by atoms with Crippen molar-refractivity contribution in [3.63, 3.8) is 0 Å². The van der Waals surface area contributed by atoms with Crippen LogP contribution in [0.5, 0.6) is 0 Å². The Morgan fingerprint density at radius 2 is 1.38 bits per heavy atom. The summed E-state index contributed by atoms with van der Waals surface area (Å²) >= 11 is 0. The van der Waals surface area contributed by atoms with Gasteiger partial charge in [0.05, 0.1) is 32.5 Å². The van der Waals surface area contributed by atoms with Crippen molar-refractivity contribution in [2.75, 3.05) is 19.8 Å². The zero-order chi connectivity index (χ0) is 33.9. The van der Waals surface area contributed by atoms with Crippen LogP contribution < -0.4 is 0 Å². The van der Waals surface area contributed by atoms with E-state index in [4.69, 9.17) is 28.4 Å². The second kappa shape index (κ2) is 16.8. The summed E-state index contributed by atoms with van der Waals surface area (Å²) in [6, 6.07) is 27.0. The molecule has 2 aliphatic rings. The second-order valence-corrected chi connectivity index (χ2v) is 11.4. The number of likely N-dealkylation sites (tertiary alicyclic amines) is 1. The molecule has 2 fully saturated rings. The van der Waals surface area contributed by atoms with Crippen molar-refractivity contribution in [3.05, 3.63) is 120 Å². The summed E-state index contributed by atoms with van der Waals surface area (Å²) < 4.78 is 77.0. The van der Waals surface area contributed by atoms with Gasteiger partial charge in [-0.3, -0.25) is 4.79 Å². The van der Waals surface area contributed by atoms with Crippen LogP contribution in [0, 0.1) is 0 Å². The maximum Gasteiger partial charge on any atom is 0.471 e. The van der Waals surface area contributed by atoms with Crippen molar-refractivity contribution in [1.82, 2.24) is 4.90 Å². The van der Waals surface area contributed by atoms with Crippen LogP contribution in [0.15, 0.2) is 104 Å². The van der Waals surface area contributed by atoms with Crippen molar-refractivity contribution in [1.29, 1.82) is 0 Å². The third-order valence-electron chi connectivity index (χ3n) is 7.94. The van der Waals surface area contributed by atoms with Crippen LogP contribution >= 0.6 is 0 Å². The van der Waals surface area contributed by atoms with Gasteiger partial charge in [-0.1, -0.05) is 104 Å². The molecule has 48 heavy (non-hydrogen) atoms. The molecule has 0 spiro atoms. The van der Waals surface area contributed by atoms with Gasteiger partial charge in [0.25, 0.3) is 0 Å². The Morgan fingerprint density at radius 3 is 1.92 bits per heavy atom. The summed E-state index contributed by atoms with van der Waals surface area (Å²) in [5.41, 5.74) is 2.73. The predicted molar refractivity (Wildman–Crippen MR) is 167 cm³/mol. The highest BCUT2D eigenvalue weighted by Gasteiger charge is 2.53. The minimum Gasteiger partial charge on any atom is -0.460 e. The summed E-state index contributed by atoms with van der Waals surface area (Å²) in [5.74, 6) is -3.14. The zero-order valence-corrected chi connectivity index (χ0v) is 26.2. The molecule has 2 aliphatic heterocycles. The van der Waals surface area contributed by atoms with Gasteiger partial charge in [0.2, 0.25) is 0 Å². The molecule has 0 aromatic heterocycles. The minimum absolute atomic E-state index is 0.0965. The Hall–Kier alpha value is -4.07. The monoisotopic (exact) mass is 669 g/mol. The Morgan fingerprint density at radius 1 is 0.833 bits per heavy atom. The number of amides is 1. The molecule has 0 aliphatic carbocycles. The first kappa shape index (κ1) is 35.2. The number of halogens is 3. The fourth-order valence-corrected chi connectivity index (χ4v) is 5.65. The predicted octanol–water partition coefficient (Wildman–Crippen LogP) is 5.38. The lowest BCUT2D eigenvalue weighted by atomic mass is 10.1. The molecule has 12 heteroatoms. The van der Waals surface area contributed by atoms with E-state index in [1.54, 1.807) is 0 Å². The van der Waals surface area contributed by atoms with Crippen LogP contribution in [0.1, 0.15) is 23.1 Å². The molecule has 2 heterocycles. The third-order valence-corrected chi connectivity index (χ3v) is 7.94. The molecule has 3 aromatic rings. The van der Waals surface area contributed by atoms with Gasteiger partial charge in [0, 0.05) is 13.0 Å². The molecule has 2 saturated heterocycles. The molecule has 1 amide bonds. The lowest BCUT2D eigenvalue weighted by Crippen LogP contribution is -2.47. The summed E-state index contributed by atoms with van der Waals surface area (Å²) in [4.78, 5) is 25.5. The molecule has 9 nitrogen and oxygen atoms in total. The number of alkyl halides is 3. The minimum atomic E-state index is -5.20. The molecule has 0 N–H and O–H groups in total. The summed E-state index contributed by atoms with van der Waals surface area (Å²) in [7, 11) is 0. The number of hydrogen-bond acceptors (Lipinski definition) is 8. The molecule has 6 atom stereocenters. The van der Waals surface area contributed by atoms with Crippen molar-refractivity contribution < 1.29 is 51.2 Å². The van der Waals surface area contributed by atoms with Crippen LogP contribution in [0.2, 0.25) is 0 Å². The normalized spacial score (nSPS) is 24.0. The third kappa shape index (κ3) is 9.51. The molecule has 3 aromatic carbocycles. The fourth-order valence-electron chi connectivity index (χ4n) is 5.65. The first-order chi connectivity index (χ1) is 23.2. The number of nitrogens with zero attached hydrogens (tertiary/aromatic N) is 1. The molecule has 0 bridgehead atoms. The Balaban J connectivity index is 1.37. The lowest BCUT2D eigenvalue weighted by molar-refractivity contribution is -0.206. The second-order valence-electron chi connectivity index (χ2n) is 11.4. The summed E-state index contributed by atoms with van der Waals surface area (Å²) in [6.07, 6.45) is -8.55. The maximum absolute atomic E-state index is 13.5. The SMILES string of the molecule is C=CCOC(=O)[C@@H]1C[C@@H](O[C@H]2O[C@@H](COCc3ccccc3)[C@H](OCc3ccccc3)[C@H]2OCc2ccccc2)CN1C(=O)C(F)(F)F. The zero-order valence-electron chi connectivity index (χ0n) is 26.2. The van der Waals surface area contributed by atoms with E-state index in [2.05, 4.69) is 6.58 Å².